The second-order valence-electron chi connectivity index (χ2n) is 6.96. The van der Waals surface area contributed by atoms with E-state index in [1.807, 2.05) is 6.07 Å². The average Bonchev–Trinajstić information content (AvgIpc) is 2.95. The van der Waals surface area contributed by atoms with Crippen LogP contribution in [0.1, 0.15) is 29.6 Å². The van der Waals surface area contributed by atoms with Crippen molar-refractivity contribution >= 4 is 11.8 Å². The summed E-state index contributed by atoms with van der Waals surface area (Å²) in [6, 6.07) is 7.36. The topological polar surface area (TPSA) is 67.4 Å². The minimum Gasteiger partial charge on any atom is -0.496 e. The van der Waals surface area contributed by atoms with E-state index in [9.17, 15) is 9.59 Å². The van der Waals surface area contributed by atoms with Crippen LogP contribution in [0.4, 0.5) is 0 Å². The van der Waals surface area contributed by atoms with Gasteiger partial charge < -0.3 is 15.4 Å². The maximum absolute atomic E-state index is 12.2. The van der Waals surface area contributed by atoms with Crippen molar-refractivity contribution in [2.75, 3.05) is 13.7 Å². The molecule has 3 saturated carbocycles. The van der Waals surface area contributed by atoms with Gasteiger partial charge in [0.05, 0.1) is 19.2 Å². The van der Waals surface area contributed by atoms with Crippen LogP contribution < -0.4 is 15.4 Å². The number of amides is 2. The number of carbonyl (C=O) groups is 2. The SMILES string of the molecule is COc1ccccc1C(=O)NCC(=O)NC1C2C3CCC(C3)C12. The van der Waals surface area contributed by atoms with Crippen LogP contribution in [-0.4, -0.2) is 31.5 Å². The first-order chi connectivity index (χ1) is 11.2. The quantitative estimate of drug-likeness (QED) is 0.867. The highest BCUT2D eigenvalue weighted by Gasteiger charge is 2.65. The zero-order valence-electron chi connectivity index (χ0n) is 13.2. The highest BCUT2D eigenvalue weighted by molar-refractivity contribution is 5.98. The minimum absolute atomic E-state index is 0.0160. The average molecular weight is 314 g/mol. The van der Waals surface area contributed by atoms with E-state index < -0.39 is 0 Å². The number of rotatable bonds is 5. The fourth-order valence-electron chi connectivity index (χ4n) is 4.84. The Morgan fingerprint density at radius 3 is 2.57 bits per heavy atom. The molecule has 122 valence electrons. The van der Waals surface area contributed by atoms with Crippen LogP contribution in [0.2, 0.25) is 0 Å². The summed E-state index contributed by atoms with van der Waals surface area (Å²) in [7, 11) is 1.53. The molecule has 4 unspecified atom stereocenters. The van der Waals surface area contributed by atoms with E-state index >= 15 is 0 Å². The van der Waals surface area contributed by atoms with Crippen molar-refractivity contribution in [3.63, 3.8) is 0 Å². The van der Waals surface area contributed by atoms with Crippen molar-refractivity contribution in [2.45, 2.75) is 25.3 Å². The number of methoxy groups -OCH3 is 1. The molecule has 2 amide bonds. The van der Waals surface area contributed by atoms with E-state index in [1.54, 1.807) is 18.2 Å². The fraction of sp³-hybridized carbons (Fsp3) is 0.556. The van der Waals surface area contributed by atoms with Crippen LogP contribution in [0, 0.1) is 23.7 Å². The van der Waals surface area contributed by atoms with Gasteiger partial charge in [0.1, 0.15) is 5.75 Å². The Labute approximate surface area is 135 Å². The summed E-state index contributed by atoms with van der Waals surface area (Å²) < 4.78 is 5.17. The van der Waals surface area contributed by atoms with Crippen LogP contribution >= 0.6 is 0 Å². The molecular weight excluding hydrogens is 292 g/mol. The van der Waals surface area contributed by atoms with Crippen LogP contribution in [-0.2, 0) is 4.79 Å². The largest absolute Gasteiger partial charge is 0.496 e. The number of fused-ring (bicyclic) bond motifs is 5. The van der Waals surface area contributed by atoms with E-state index in [4.69, 9.17) is 4.74 Å². The molecule has 3 aliphatic carbocycles. The molecule has 0 saturated heterocycles. The standard InChI is InChI=1S/C18H22N2O3/c1-23-13-5-3-2-4-12(13)18(22)19-9-14(21)20-17-15-10-6-7-11(8-10)16(15)17/h2-5,10-11,15-17H,6-9H2,1H3,(H,19,22)(H,20,21). The number of carbonyl (C=O) groups excluding carboxylic acids is 2. The zero-order valence-corrected chi connectivity index (χ0v) is 13.2. The molecule has 4 rings (SSSR count). The van der Waals surface area contributed by atoms with E-state index in [-0.39, 0.29) is 18.4 Å². The first-order valence-corrected chi connectivity index (χ1v) is 8.39. The van der Waals surface area contributed by atoms with Crippen molar-refractivity contribution in [3.8, 4) is 5.75 Å². The summed E-state index contributed by atoms with van der Waals surface area (Å²) in [5.74, 6) is 3.22. The second-order valence-corrected chi connectivity index (χ2v) is 6.96. The highest BCUT2D eigenvalue weighted by Crippen LogP contribution is 2.65. The number of ether oxygens (including phenoxy) is 1. The molecular formula is C18H22N2O3. The van der Waals surface area contributed by atoms with E-state index in [1.165, 1.54) is 26.4 Å². The van der Waals surface area contributed by atoms with Crippen molar-refractivity contribution < 1.29 is 14.3 Å². The maximum Gasteiger partial charge on any atom is 0.255 e. The Balaban J connectivity index is 1.28. The Morgan fingerprint density at radius 2 is 1.87 bits per heavy atom. The summed E-state index contributed by atoms with van der Waals surface area (Å²) in [5, 5.41) is 5.79. The normalized spacial score (nSPS) is 33.0. The molecule has 3 aliphatic rings. The van der Waals surface area contributed by atoms with Gasteiger partial charge in [-0.05, 0) is 55.1 Å². The van der Waals surface area contributed by atoms with Crippen molar-refractivity contribution in [1.29, 1.82) is 0 Å². The highest BCUT2D eigenvalue weighted by atomic mass is 16.5. The minimum atomic E-state index is -0.284. The molecule has 0 spiro atoms. The van der Waals surface area contributed by atoms with Gasteiger partial charge >= 0.3 is 0 Å². The molecule has 0 aromatic heterocycles. The van der Waals surface area contributed by atoms with E-state index in [0.29, 0.717) is 29.2 Å². The predicted octanol–water partition coefficient (Wildman–Crippen LogP) is 1.59. The fourth-order valence-corrected chi connectivity index (χ4v) is 4.84. The first kappa shape index (κ1) is 14.5. The number of hydrogen-bond donors (Lipinski definition) is 2. The number of para-hydroxylation sites is 1. The summed E-state index contributed by atoms with van der Waals surface area (Å²) in [6.07, 6.45) is 4.04. The van der Waals surface area contributed by atoms with Crippen LogP contribution in [0.25, 0.3) is 0 Å². The zero-order chi connectivity index (χ0) is 16.0. The number of benzene rings is 1. The number of hydrogen-bond acceptors (Lipinski definition) is 3. The van der Waals surface area contributed by atoms with Crippen molar-refractivity contribution in [1.82, 2.24) is 10.6 Å². The third-order valence-corrected chi connectivity index (χ3v) is 5.82. The van der Waals surface area contributed by atoms with Crippen molar-refractivity contribution in [3.05, 3.63) is 29.8 Å². The van der Waals surface area contributed by atoms with Gasteiger partial charge in [0.25, 0.3) is 5.91 Å². The van der Waals surface area contributed by atoms with Gasteiger partial charge in [-0.2, -0.15) is 0 Å². The van der Waals surface area contributed by atoms with Gasteiger partial charge in [-0.1, -0.05) is 12.1 Å². The van der Waals surface area contributed by atoms with Gasteiger partial charge in [-0.3, -0.25) is 9.59 Å². The van der Waals surface area contributed by atoms with Crippen LogP contribution in [0.3, 0.4) is 0 Å². The molecule has 1 aromatic rings. The van der Waals surface area contributed by atoms with E-state index in [2.05, 4.69) is 10.6 Å². The van der Waals surface area contributed by atoms with Gasteiger partial charge in [0.2, 0.25) is 5.91 Å². The predicted molar refractivity (Wildman–Crippen MR) is 85.1 cm³/mol. The molecule has 23 heavy (non-hydrogen) atoms. The monoisotopic (exact) mass is 314 g/mol. The summed E-state index contributed by atoms with van der Waals surface area (Å²) in [4.78, 5) is 24.3. The maximum atomic E-state index is 12.2. The third-order valence-electron chi connectivity index (χ3n) is 5.82. The molecule has 4 atom stereocenters. The molecule has 5 heteroatoms. The molecule has 0 aliphatic heterocycles. The smallest absolute Gasteiger partial charge is 0.255 e. The van der Waals surface area contributed by atoms with Crippen LogP contribution in [0.5, 0.6) is 5.75 Å². The lowest BCUT2D eigenvalue weighted by Crippen LogP contribution is -2.39. The molecule has 3 fully saturated rings. The molecule has 2 bridgehead atoms. The second kappa shape index (κ2) is 5.55. The molecule has 1 aromatic carbocycles. The lowest BCUT2D eigenvalue weighted by molar-refractivity contribution is -0.120. The summed E-state index contributed by atoms with van der Waals surface area (Å²) in [6.45, 7) is 0.0160. The Kier molecular flexibility index (Phi) is 3.51. The van der Waals surface area contributed by atoms with Gasteiger partial charge in [-0.25, -0.2) is 0 Å². The lowest BCUT2D eigenvalue weighted by Gasteiger charge is -2.12. The molecule has 5 nitrogen and oxygen atoms in total. The summed E-state index contributed by atoms with van der Waals surface area (Å²) >= 11 is 0. The molecule has 0 radical (unpaired) electrons. The lowest BCUT2D eigenvalue weighted by atomic mass is 10.0. The number of nitrogens with one attached hydrogen (secondary N) is 2. The third kappa shape index (κ3) is 2.48. The van der Waals surface area contributed by atoms with Gasteiger partial charge in [0, 0.05) is 6.04 Å². The molecule has 0 heterocycles. The van der Waals surface area contributed by atoms with E-state index in [0.717, 1.165) is 11.8 Å². The van der Waals surface area contributed by atoms with Gasteiger partial charge in [0.15, 0.2) is 0 Å². The Hall–Kier alpha value is -2.04. The van der Waals surface area contributed by atoms with Crippen molar-refractivity contribution in [2.24, 2.45) is 23.7 Å². The van der Waals surface area contributed by atoms with Gasteiger partial charge in [-0.15, -0.1) is 0 Å². The molecule has 2 N–H and O–H groups in total. The Morgan fingerprint density at radius 1 is 1.17 bits per heavy atom. The first-order valence-electron chi connectivity index (χ1n) is 8.39. The van der Waals surface area contributed by atoms with Crippen LogP contribution in [0.15, 0.2) is 24.3 Å². The Bertz CT molecular complexity index is 629. The summed E-state index contributed by atoms with van der Waals surface area (Å²) in [5.41, 5.74) is 0.448.